The van der Waals surface area contributed by atoms with E-state index in [1.54, 1.807) is 0 Å². The molecule has 0 aliphatic rings. The Balaban J connectivity index is 3.12. The first-order valence-corrected chi connectivity index (χ1v) is 6.40. The van der Waals surface area contributed by atoms with Gasteiger partial charge in [0.1, 0.15) is 0 Å². The average Bonchev–Trinajstić information content (AvgIpc) is 2.23. The van der Waals surface area contributed by atoms with Crippen LogP contribution < -0.4 is 0 Å². The van der Waals surface area contributed by atoms with Gasteiger partial charge in [-0.15, -0.1) is 0 Å². The van der Waals surface area contributed by atoms with Crippen molar-refractivity contribution in [2.24, 2.45) is 11.8 Å². The van der Waals surface area contributed by atoms with Crippen LogP contribution in [0.4, 0.5) is 0 Å². The van der Waals surface area contributed by atoms with Crippen molar-refractivity contribution in [2.45, 2.75) is 34.1 Å². The van der Waals surface area contributed by atoms with Crippen LogP contribution in [0.25, 0.3) is 0 Å². The lowest BCUT2D eigenvalue weighted by Gasteiger charge is -2.12. The Bertz CT molecular complexity index is 137. The van der Waals surface area contributed by atoms with Gasteiger partial charge in [-0.05, 0) is 12.3 Å². The van der Waals surface area contributed by atoms with E-state index >= 15 is 0 Å². The van der Waals surface area contributed by atoms with Gasteiger partial charge in [0, 0.05) is 19.1 Å². The molecule has 0 aromatic heterocycles. The van der Waals surface area contributed by atoms with Gasteiger partial charge in [-0.1, -0.05) is 27.7 Å². The standard InChI is InChI=1S/C13H28O3/c1-5-6-14-10-13(4)11-16-8-7-15-9-12(2)3/h12-13H,5-11H2,1-4H3. The van der Waals surface area contributed by atoms with Crippen LogP contribution in [0.15, 0.2) is 0 Å². The van der Waals surface area contributed by atoms with Gasteiger partial charge in [-0.25, -0.2) is 0 Å². The van der Waals surface area contributed by atoms with Gasteiger partial charge in [0.2, 0.25) is 0 Å². The van der Waals surface area contributed by atoms with E-state index in [4.69, 9.17) is 14.2 Å². The van der Waals surface area contributed by atoms with E-state index in [0.29, 0.717) is 25.0 Å². The molecular weight excluding hydrogens is 204 g/mol. The van der Waals surface area contributed by atoms with Gasteiger partial charge < -0.3 is 14.2 Å². The van der Waals surface area contributed by atoms with Gasteiger partial charge in [0.15, 0.2) is 0 Å². The average molecular weight is 232 g/mol. The highest BCUT2D eigenvalue weighted by Crippen LogP contribution is 1.98. The monoisotopic (exact) mass is 232 g/mol. The Hall–Kier alpha value is -0.120. The predicted molar refractivity (Wildman–Crippen MR) is 66.8 cm³/mol. The molecule has 0 aromatic rings. The summed E-state index contributed by atoms with van der Waals surface area (Å²) in [4.78, 5) is 0. The highest BCUT2D eigenvalue weighted by Gasteiger charge is 2.02. The molecule has 0 bridgehead atoms. The van der Waals surface area contributed by atoms with E-state index in [1.807, 2.05) is 0 Å². The van der Waals surface area contributed by atoms with Crippen molar-refractivity contribution in [1.82, 2.24) is 0 Å². The normalized spacial score (nSPS) is 13.3. The van der Waals surface area contributed by atoms with Gasteiger partial charge in [-0.3, -0.25) is 0 Å². The van der Waals surface area contributed by atoms with Crippen molar-refractivity contribution < 1.29 is 14.2 Å². The number of ether oxygens (including phenoxy) is 3. The van der Waals surface area contributed by atoms with Crippen molar-refractivity contribution in [3.05, 3.63) is 0 Å². The van der Waals surface area contributed by atoms with E-state index < -0.39 is 0 Å². The molecule has 3 heteroatoms. The van der Waals surface area contributed by atoms with Crippen LogP contribution in [0, 0.1) is 11.8 Å². The minimum absolute atomic E-state index is 0.469. The summed E-state index contributed by atoms with van der Waals surface area (Å²) < 4.78 is 16.4. The first-order valence-electron chi connectivity index (χ1n) is 6.40. The highest BCUT2D eigenvalue weighted by molar-refractivity contribution is 4.48. The second-order valence-electron chi connectivity index (χ2n) is 4.72. The molecule has 0 aromatic carbocycles. The number of hydrogen-bond donors (Lipinski definition) is 0. The van der Waals surface area contributed by atoms with Gasteiger partial charge >= 0.3 is 0 Å². The predicted octanol–water partition coefficient (Wildman–Crippen LogP) is 2.74. The Morgan fingerprint density at radius 2 is 1.25 bits per heavy atom. The van der Waals surface area contributed by atoms with Crippen molar-refractivity contribution in [1.29, 1.82) is 0 Å². The van der Waals surface area contributed by atoms with Crippen molar-refractivity contribution in [3.63, 3.8) is 0 Å². The summed E-state index contributed by atoms with van der Waals surface area (Å²) in [5.41, 5.74) is 0. The SMILES string of the molecule is CCCOCC(C)COCCOCC(C)C. The van der Waals surface area contributed by atoms with E-state index in [1.165, 1.54) is 0 Å². The van der Waals surface area contributed by atoms with Crippen LogP contribution in [0.2, 0.25) is 0 Å². The second kappa shape index (κ2) is 11.4. The van der Waals surface area contributed by atoms with Gasteiger partial charge in [0.25, 0.3) is 0 Å². The van der Waals surface area contributed by atoms with E-state index in [2.05, 4.69) is 27.7 Å². The summed E-state index contributed by atoms with van der Waals surface area (Å²) in [6.07, 6.45) is 1.08. The lowest BCUT2D eigenvalue weighted by molar-refractivity contribution is 0.00967. The maximum atomic E-state index is 5.50. The number of hydrogen-bond acceptors (Lipinski definition) is 3. The zero-order valence-corrected chi connectivity index (χ0v) is 11.3. The van der Waals surface area contributed by atoms with Crippen molar-refractivity contribution in [3.8, 4) is 0 Å². The molecule has 0 N–H and O–H groups in total. The minimum atomic E-state index is 0.469. The molecule has 3 nitrogen and oxygen atoms in total. The van der Waals surface area contributed by atoms with Crippen molar-refractivity contribution in [2.75, 3.05) is 39.6 Å². The maximum absolute atomic E-state index is 5.50. The summed E-state index contributed by atoms with van der Waals surface area (Å²) in [6.45, 7) is 13.2. The highest BCUT2D eigenvalue weighted by atomic mass is 16.5. The largest absolute Gasteiger partial charge is 0.381 e. The first-order chi connectivity index (χ1) is 7.66. The summed E-state index contributed by atoms with van der Waals surface area (Å²) in [5, 5.41) is 0. The zero-order chi connectivity index (χ0) is 12.2. The molecule has 16 heavy (non-hydrogen) atoms. The van der Waals surface area contributed by atoms with Crippen LogP contribution in [-0.2, 0) is 14.2 Å². The Labute approximate surface area is 100 Å². The smallest absolute Gasteiger partial charge is 0.0700 e. The molecular formula is C13H28O3. The van der Waals surface area contributed by atoms with Crippen LogP contribution >= 0.6 is 0 Å². The summed E-state index contributed by atoms with van der Waals surface area (Å²) in [7, 11) is 0. The zero-order valence-electron chi connectivity index (χ0n) is 11.3. The summed E-state index contributed by atoms with van der Waals surface area (Å²) >= 11 is 0. The van der Waals surface area contributed by atoms with Crippen LogP contribution in [0.5, 0.6) is 0 Å². The molecule has 1 atom stereocenters. The lowest BCUT2D eigenvalue weighted by Crippen LogP contribution is -2.16. The topological polar surface area (TPSA) is 27.7 Å². The second-order valence-corrected chi connectivity index (χ2v) is 4.72. The quantitative estimate of drug-likeness (QED) is 0.513. The molecule has 0 rings (SSSR count). The molecule has 0 fully saturated rings. The lowest BCUT2D eigenvalue weighted by atomic mass is 10.2. The molecule has 98 valence electrons. The number of rotatable bonds is 11. The van der Waals surface area contributed by atoms with Crippen LogP contribution in [0.3, 0.4) is 0 Å². The molecule has 0 saturated carbocycles. The van der Waals surface area contributed by atoms with Gasteiger partial charge in [-0.2, -0.15) is 0 Å². The van der Waals surface area contributed by atoms with Crippen LogP contribution in [0.1, 0.15) is 34.1 Å². The fourth-order valence-electron chi connectivity index (χ4n) is 1.20. The summed E-state index contributed by atoms with van der Waals surface area (Å²) in [5.74, 6) is 1.07. The fraction of sp³-hybridized carbons (Fsp3) is 1.00. The molecule has 0 aliphatic heterocycles. The molecule has 0 spiro atoms. The first kappa shape index (κ1) is 15.9. The third-order valence-electron chi connectivity index (χ3n) is 1.98. The van der Waals surface area contributed by atoms with E-state index in [-0.39, 0.29) is 0 Å². The van der Waals surface area contributed by atoms with Crippen molar-refractivity contribution >= 4 is 0 Å². The Morgan fingerprint density at radius 3 is 1.75 bits per heavy atom. The molecule has 1 unspecified atom stereocenters. The fourth-order valence-corrected chi connectivity index (χ4v) is 1.20. The molecule has 0 radical (unpaired) electrons. The molecule has 0 aliphatic carbocycles. The molecule has 0 heterocycles. The molecule has 0 amide bonds. The summed E-state index contributed by atoms with van der Waals surface area (Å²) in [6, 6.07) is 0. The van der Waals surface area contributed by atoms with E-state index in [9.17, 15) is 0 Å². The van der Waals surface area contributed by atoms with E-state index in [0.717, 1.165) is 32.8 Å². The van der Waals surface area contributed by atoms with Crippen LogP contribution in [-0.4, -0.2) is 39.6 Å². The Kier molecular flexibility index (Phi) is 11.3. The molecule has 0 saturated heterocycles. The maximum Gasteiger partial charge on any atom is 0.0700 e. The minimum Gasteiger partial charge on any atom is -0.381 e. The Morgan fingerprint density at radius 1 is 0.750 bits per heavy atom. The third kappa shape index (κ3) is 12.0. The third-order valence-corrected chi connectivity index (χ3v) is 1.98. The van der Waals surface area contributed by atoms with Gasteiger partial charge in [0.05, 0.1) is 26.4 Å².